The maximum absolute atomic E-state index is 14.2. The van der Waals surface area contributed by atoms with Crippen molar-refractivity contribution in [3.63, 3.8) is 0 Å². The molecule has 0 aliphatic rings. The van der Waals surface area contributed by atoms with Crippen LogP contribution in [0.3, 0.4) is 0 Å². The number of sulfonamides is 1. The number of aryl methyl sites for hydroxylation is 2. The fourth-order valence-corrected chi connectivity index (χ4v) is 6.20. The summed E-state index contributed by atoms with van der Waals surface area (Å²) < 4.78 is 70.1. The maximum Gasteiger partial charge on any atom is 0.417 e. The largest absolute Gasteiger partial charge is 0.417 e. The lowest BCUT2D eigenvalue weighted by molar-refractivity contribution is -0.140. The smallest absolute Gasteiger partial charge is 0.354 e. The molecule has 3 rings (SSSR count). The molecule has 0 aromatic heterocycles. The van der Waals surface area contributed by atoms with E-state index in [2.05, 4.69) is 5.32 Å². The van der Waals surface area contributed by atoms with Crippen LogP contribution in [0.25, 0.3) is 0 Å². The fraction of sp³-hybridized carbons (Fsp3) is 0.375. The number of hydrogen-bond acceptors (Lipinski definition) is 4. The molecule has 0 spiro atoms. The number of halogens is 4. The molecule has 7 nitrogen and oxygen atoms in total. The van der Waals surface area contributed by atoms with Crippen molar-refractivity contribution in [3.8, 4) is 0 Å². The highest BCUT2D eigenvalue weighted by atomic mass is 35.5. The minimum absolute atomic E-state index is 0.0219. The Balaban J connectivity index is 2.15. The minimum Gasteiger partial charge on any atom is -0.354 e. The van der Waals surface area contributed by atoms with Crippen LogP contribution in [0.4, 0.5) is 18.9 Å². The Labute approximate surface area is 262 Å². The van der Waals surface area contributed by atoms with Crippen LogP contribution >= 0.6 is 11.6 Å². The molecular formula is C32H37ClF3N3O4S. The highest BCUT2D eigenvalue weighted by Crippen LogP contribution is 2.38. The zero-order chi connectivity index (χ0) is 32.8. The standard InChI is InChI=1S/C32H37ClF3N3O4S/c1-6-29(31(41)37-18-21(2)3)38(19-24-10-8-7-9-23(24)5)30(40)20-39(44(42,43)26-14-11-22(4)12-15-26)25-13-16-28(33)27(17-25)32(34,35)36/h7-17,21,29H,6,18-20H2,1-5H3,(H,37,41)/t29-/m0/s1. The van der Waals surface area contributed by atoms with Crippen LogP contribution in [0, 0.1) is 19.8 Å². The Hall–Kier alpha value is -3.57. The molecule has 0 radical (unpaired) electrons. The maximum atomic E-state index is 14.2. The van der Waals surface area contributed by atoms with Crippen molar-refractivity contribution >= 4 is 39.1 Å². The molecule has 0 aliphatic carbocycles. The lowest BCUT2D eigenvalue weighted by Crippen LogP contribution is -2.52. The second-order valence-electron chi connectivity index (χ2n) is 11.0. The molecule has 0 bridgehead atoms. The molecular weight excluding hydrogens is 615 g/mol. The van der Waals surface area contributed by atoms with E-state index in [1.54, 1.807) is 38.1 Å². The number of amides is 2. The first kappa shape index (κ1) is 34.9. The fourth-order valence-electron chi connectivity index (χ4n) is 4.56. The highest BCUT2D eigenvalue weighted by molar-refractivity contribution is 7.92. The minimum atomic E-state index is -4.88. The number of rotatable bonds is 12. The van der Waals surface area contributed by atoms with Gasteiger partial charge in [0.1, 0.15) is 12.6 Å². The Morgan fingerprint density at radius 2 is 1.61 bits per heavy atom. The second kappa shape index (κ2) is 14.5. The van der Waals surface area contributed by atoms with Crippen molar-refractivity contribution in [2.75, 3.05) is 17.4 Å². The average Bonchev–Trinajstić information content (AvgIpc) is 2.95. The Morgan fingerprint density at radius 1 is 0.977 bits per heavy atom. The van der Waals surface area contributed by atoms with Gasteiger partial charge in [-0.25, -0.2) is 8.42 Å². The van der Waals surface area contributed by atoms with Gasteiger partial charge in [-0.15, -0.1) is 0 Å². The summed E-state index contributed by atoms with van der Waals surface area (Å²) in [5.74, 6) is -1.04. The van der Waals surface area contributed by atoms with Gasteiger partial charge in [0.15, 0.2) is 0 Å². The van der Waals surface area contributed by atoms with E-state index in [1.165, 1.54) is 17.0 Å². The lowest BCUT2D eigenvalue weighted by atomic mass is 10.1. The van der Waals surface area contributed by atoms with Gasteiger partial charge in [-0.05, 0) is 67.6 Å². The molecule has 1 N–H and O–H groups in total. The van der Waals surface area contributed by atoms with Gasteiger partial charge in [0.05, 0.1) is 21.2 Å². The Morgan fingerprint density at radius 3 is 2.18 bits per heavy atom. The molecule has 0 heterocycles. The number of benzene rings is 3. The van der Waals surface area contributed by atoms with Crippen LogP contribution in [0.5, 0.6) is 0 Å². The number of nitrogens with zero attached hydrogens (tertiary/aromatic N) is 2. The van der Waals surface area contributed by atoms with Gasteiger partial charge in [0.25, 0.3) is 10.0 Å². The average molecular weight is 652 g/mol. The van der Waals surface area contributed by atoms with E-state index >= 15 is 0 Å². The number of carbonyl (C=O) groups excluding carboxylic acids is 2. The molecule has 3 aromatic carbocycles. The molecule has 0 unspecified atom stereocenters. The first-order valence-electron chi connectivity index (χ1n) is 14.1. The Kier molecular flexibility index (Phi) is 11.5. The molecule has 12 heteroatoms. The monoisotopic (exact) mass is 651 g/mol. The SMILES string of the molecule is CC[C@@H](C(=O)NCC(C)C)N(Cc1ccccc1C)C(=O)CN(c1ccc(Cl)c(C(F)(F)F)c1)S(=O)(=O)c1ccc(C)cc1. The van der Waals surface area contributed by atoms with Gasteiger partial charge >= 0.3 is 6.18 Å². The van der Waals surface area contributed by atoms with Gasteiger partial charge in [-0.3, -0.25) is 13.9 Å². The number of hydrogen-bond donors (Lipinski definition) is 1. The molecule has 0 aliphatic heterocycles. The van der Waals surface area contributed by atoms with Gasteiger partial charge in [0, 0.05) is 13.1 Å². The summed E-state index contributed by atoms with van der Waals surface area (Å²) in [6, 6.07) is 14.7. The molecule has 238 valence electrons. The van der Waals surface area contributed by atoms with Crippen LogP contribution in [0.1, 0.15) is 49.4 Å². The predicted octanol–water partition coefficient (Wildman–Crippen LogP) is 6.75. The van der Waals surface area contributed by atoms with Crippen LogP contribution < -0.4 is 9.62 Å². The van der Waals surface area contributed by atoms with E-state index in [-0.39, 0.29) is 23.8 Å². The predicted molar refractivity (Wildman–Crippen MR) is 166 cm³/mol. The van der Waals surface area contributed by atoms with E-state index < -0.39 is 56.9 Å². The normalized spacial score (nSPS) is 12.6. The topological polar surface area (TPSA) is 86.8 Å². The van der Waals surface area contributed by atoms with Crippen LogP contribution in [-0.4, -0.2) is 44.3 Å². The van der Waals surface area contributed by atoms with E-state index in [0.717, 1.165) is 28.8 Å². The number of anilines is 1. The second-order valence-corrected chi connectivity index (χ2v) is 13.3. The van der Waals surface area contributed by atoms with Crippen molar-refractivity contribution < 1.29 is 31.2 Å². The molecule has 44 heavy (non-hydrogen) atoms. The lowest BCUT2D eigenvalue weighted by Gasteiger charge is -2.33. The third-order valence-electron chi connectivity index (χ3n) is 7.10. The first-order chi connectivity index (χ1) is 20.6. The summed E-state index contributed by atoms with van der Waals surface area (Å²) in [7, 11) is -4.55. The first-order valence-corrected chi connectivity index (χ1v) is 16.0. The Bertz CT molecular complexity index is 1580. The quantitative estimate of drug-likeness (QED) is 0.235. The van der Waals surface area contributed by atoms with E-state index in [4.69, 9.17) is 11.6 Å². The summed E-state index contributed by atoms with van der Waals surface area (Å²) in [6.07, 6.45) is -4.67. The van der Waals surface area contributed by atoms with Crippen molar-refractivity contribution in [2.24, 2.45) is 5.92 Å². The zero-order valence-corrected chi connectivity index (χ0v) is 26.9. The molecule has 0 fully saturated rings. The number of alkyl halides is 3. The number of carbonyl (C=O) groups is 2. The van der Waals surface area contributed by atoms with Crippen LogP contribution in [-0.2, 0) is 32.3 Å². The van der Waals surface area contributed by atoms with Gasteiger partial charge in [-0.1, -0.05) is 74.3 Å². The molecule has 3 aromatic rings. The van der Waals surface area contributed by atoms with Crippen molar-refractivity contribution in [1.29, 1.82) is 0 Å². The molecule has 1 atom stereocenters. The third-order valence-corrected chi connectivity index (χ3v) is 9.22. The van der Waals surface area contributed by atoms with Gasteiger partial charge in [0.2, 0.25) is 11.8 Å². The summed E-state index contributed by atoms with van der Waals surface area (Å²) in [4.78, 5) is 28.6. The van der Waals surface area contributed by atoms with E-state index in [1.807, 2.05) is 32.9 Å². The zero-order valence-electron chi connectivity index (χ0n) is 25.3. The molecule has 0 saturated carbocycles. The molecule has 0 saturated heterocycles. The van der Waals surface area contributed by atoms with Crippen molar-refractivity contribution in [3.05, 3.63) is 94.0 Å². The van der Waals surface area contributed by atoms with Crippen LogP contribution in [0.2, 0.25) is 5.02 Å². The molecule has 2 amide bonds. The van der Waals surface area contributed by atoms with E-state index in [9.17, 15) is 31.2 Å². The summed E-state index contributed by atoms with van der Waals surface area (Å²) in [6.45, 7) is 8.65. The van der Waals surface area contributed by atoms with Crippen LogP contribution in [0.15, 0.2) is 71.6 Å². The van der Waals surface area contributed by atoms with Crippen molar-refractivity contribution in [1.82, 2.24) is 10.2 Å². The van der Waals surface area contributed by atoms with Gasteiger partial charge < -0.3 is 10.2 Å². The highest BCUT2D eigenvalue weighted by Gasteiger charge is 2.37. The van der Waals surface area contributed by atoms with Gasteiger partial charge in [-0.2, -0.15) is 13.2 Å². The summed E-state index contributed by atoms with van der Waals surface area (Å²) in [5.41, 5.74) is 0.697. The number of nitrogens with one attached hydrogen (secondary N) is 1. The third kappa shape index (κ3) is 8.53. The summed E-state index contributed by atoms with van der Waals surface area (Å²) >= 11 is 5.83. The van der Waals surface area contributed by atoms with E-state index in [0.29, 0.717) is 16.9 Å². The summed E-state index contributed by atoms with van der Waals surface area (Å²) in [5, 5.41) is 2.22. The van der Waals surface area contributed by atoms with Crippen molar-refractivity contribution in [2.45, 2.75) is 64.7 Å².